The molecule has 174 valence electrons. The number of amides is 2. The fourth-order valence-electron chi connectivity index (χ4n) is 4.33. The summed E-state index contributed by atoms with van der Waals surface area (Å²) in [6.07, 6.45) is 0.520. The first-order valence-corrected chi connectivity index (χ1v) is 10.9. The number of hydrogen-bond donors (Lipinski definition) is 1. The van der Waals surface area contributed by atoms with Gasteiger partial charge in [-0.15, -0.1) is 0 Å². The number of aryl methyl sites for hydroxylation is 1. The summed E-state index contributed by atoms with van der Waals surface area (Å²) in [5, 5.41) is 8.21. The number of carbonyl (C=O) groups excluding carboxylic acids is 2. The molecule has 0 aliphatic carbocycles. The minimum absolute atomic E-state index is 0.0476. The molecule has 3 heterocycles. The average molecular weight is 456 g/mol. The molecule has 33 heavy (non-hydrogen) atoms. The van der Waals surface area contributed by atoms with Crippen molar-refractivity contribution in [3.63, 3.8) is 0 Å². The number of hydrogen-bond acceptors (Lipinski definition) is 4. The Morgan fingerprint density at radius 1 is 1.21 bits per heavy atom. The van der Waals surface area contributed by atoms with Crippen molar-refractivity contribution in [2.24, 2.45) is 7.05 Å². The standard InChI is InChI=1S/C24H27F2N5O2/c1-13(2)18-7-8-19(27-23(18)26)22(15-5-6-16-11-30(4)29-20(16)9-15)28-24(33)21-10-17(25)12-31(21)14(3)32/h5-9,11,13,17,21-22H,10,12H2,1-4H3,(H,28,33). The zero-order valence-corrected chi connectivity index (χ0v) is 19.0. The molecule has 0 bridgehead atoms. The smallest absolute Gasteiger partial charge is 0.243 e. The van der Waals surface area contributed by atoms with Gasteiger partial charge in [-0.2, -0.15) is 9.49 Å². The maximum absolute atomic E-state index is 14.7. The number of nitrogens with zero attached hydrogens (tertiary/aromatic N) is 4. The maximum atomic E-state index is 14.7. The molecular weight excluding hydrogens is 428 g/mol. The van der Waals surface area contributed by atoms with Crippen LogP contribution in [0.2, 0.25) is 0 Å². The lowest BCUT2D eigenvalue weighted by Crippen LogP contribution is -2.46. The Kier molecular flexibility index (Phi) is 6.14. The molecule has 1 fully saturated rings. The van der Waals surface area contributed by atoms with Gasteiger partial charge in [-0.3, -0.25) is 14.3 Å². The highest BCUT2D eigenvalue weighted by molar-refractivity contribution is 5.88. The number of nitrogens with one attached hydrogen (secondary N) is 1. The Morgan fingerprint density at radius 3 is 2.64 bits per heavy atom. The monoisotopic (exact) mass is 455 g/mol. The Hall–Kier alpha value is -3.36. The molecular formula is C24H27F2N5O2. The normalized spacial score (nSPS) is 19.3. The second-order valence-corrected chi connectivity index (χ2v) is 8.85. The summed E-state index contributed by atoms with van der Waals surface area (Å²) in [4.78, 5) is 30.5. The molecule has 0 radical (unpaired) electrons. The first-order valence-electron chi connectivity index (χ1n) is 10.9. The second kappa shape index (κ2) is 8.88. The number of pyridine rings is 1. The molecule has 1 saturated heterocycles. The van der Waals surface area contributed by atoms with E-state index in [4.69, 9.17) is 0 Å². The van der Waals surface area contributed by atoms with E-state index in [0.29, 0.717) is 22.3 Å². The Bertz CT molecular complexity index is 1210. The molecule has 9 heteroatoms. The average Bonchev–Trinajstić information content (AvgIpc) is 3.32. The molecule has 3 atom stereocenters. The van der Waals surface area contributed by atoms with Crippen molar-refractivity contribution in [1.82, 2.24) is 25.0 Å². The highest BCUT2D eigenvalue weighted by atomic mass is 19.1. The van der Waals surface area contributed by atoms with E-state index in [-0.39, 0.29) is 24.8 Å². The zero-order valence-electron chi connectivity index (χ0n) is 19.0. The van der Waals surface area contributed by atoms with Gasteiger partial charge >= 0.3 is 0 Å². The number of aromatic nitrogens is 3. The summed E-state index contributed by atoms with van der Waals surface area (Å²) in [7, 11) is 1.81. The Morgan fingerprint density at radius 2 is 1.97 bits per heavy atom. The number of likely N-dealkylation sites (tertiary alicyclic amines) is 1. The van der Waals surface area contributed by atoms with Crippen LogP contribution in [0.1, 0.15) is 56.0 Å². The van der Waals surface area contributed by atoms with Crippen LogP contribution in [0.25, 0.3) is 10.9 Å². The van der Waals surface area contributed by atoms with Crippen LogP contribution in [0.15, 0.2) is 36.5 Å². The third kappa shape index (κ3) is 4.58. The van der Waals surface area contributed by atoms with Crippen LogP contribution in [0.5, 0.6) is 0 Å². The van der Waals surface area contributed by atoms with Gasteiger partial charge in [-0.25, -0.2) is 9.37 Å². The van der Waals surface area contributed by atoms with E-state index in [1.807, 2.05) is 45.3 Å². The van der Waals surface area contributed by atoms with Crippen molar-refractivity contribution in [3.8, 4) is 0 Å². The van der Waals surface area contributed by atoms with Crippen LogP contribution in [-0.4, -0.2) is 50.2 Å². The molecule has 3 aromatic rings. The van der Waals surface area contributed by atoms with Crippen molar-refractivity contribution < 1.29 is 18.4 Å². The van der Waals surface area contributed by atoms with Gasteiger partial charge in [0.1, 0.15) is 12.2 Å². The summed E-state index contributed by atoms with van der Waals surface area (Å²) < 4.78 is 30.5. The molecule has 0 spiro atoms. The minimum atomic E-state index is -1.27. The van der Waals surface area contributed by atoms with Crippen molar-refractivity contribution in [3.05, 3.63) is 59.3 Å². The lowest BCUT2D eigenvalue weighted by molar-refractivity contribution is -0.137. The van der Waals surface area contributed by atoms with Crippen LogP contribution in [-0.2, 0) is 16.6 Å². The van der Waals surface area contributed by atoms with Crippen LogP contribution < -0.4 is 5.32 Å². The van der Waals surface area contributed by atoms with Crippen LogP contribution in [0.4, 0.5) is 8.78 Å². The third-order valence-electron chi connectivity index (χ3n) is 6.04. The van der Waals surface area contributed by atoms with Crippen LogP contribution >= 0.6 is 0 Å². The molecule has 0 saturated carbocycles. The largest absolute Gasteiger partial charge is 0.342 e. The lowest BCUT2D eigenvalue weighted by Gasteiger charge is -2.26. The number of alkyl halides is 1. The highest BCUT2D eigenvalue weighted by Gasteiger charge is 2.39. The molecule has 2 aromatic heterocycles. The maximum Gasteiger partial charge on any atom is 0.243 e. The van der Waals surface area contributed by atoms with Crippen LogP contribution in [0.3, 0.4) is 0 Å². The number of benzene rings is 1. The van der Waals surface area contributed by atoms with Gasteiger partial charge < -0.3 is 10.2 Å². The topological polar surface area (TPSA) is 80.1 Å². The fraction of sp³-hybridized carbons (Fsp3) is 0.417. The summed E-state index contributed by atoms with van der Waals surface area (Å²) in [5.74, 6) is -1.52. The molecule has 2 amide bonds. The molecule has 1 aliphatic rings. The Labute approximate surface area is 190 Å². The lowest BCUT2D eigenvalue weighted by atomic mass is 9.99. The zero-order chi connectivity index (χ0) is 23.9. The molecule has 1 aromatic carbocycles. The van der Waals surface area contributed by atoms with Crippen molar-refractivity contribution in [1.29, 1.82) is 0 Å². The van der Waals surface area contributed by atoms with Crippen molar-refractivity contribution in [2.75, 3.05) is 6.54 Å². The van der Waals surface area contributed by atoms with E-state index in [1.165, 1.54) is 11.8 Å². The molecule has 4 rings (SSSR count). The van der Waals surface area contributed by atoms with E-state index in [2.05, 4.69) is 15.4 Å². The van der Waals surface area contributed by atoms with Gasteiger partial charge in [0.15, 0.2) is 0 Å². The van der Waals surface area contributed by atoms with Gasteiger partial charge in [0.05, 0.1) is 23.8 Å². The van der Waals surface area contributed by atoms with E-state index in [0.717, 1.165) is 5.39 Å². The SMILES string of the molecule is CC(=O)N1CC(F)CC1C(=O)NC(c1ccc2cn(C)nc2c1)c1ccc(C(C)C)c(F)n1. The van der Waals surface area contributed by atoms with E-state index in [9.17, 15) is 18.4 Å². The number of halogens is 2. The quantitative estimate of drug-likeness (QED) is 0.598. The fourth-order valence-corrected chi connectivity index (χ4v) is 4.33. The highest BCUT2D eigenvalue weighted by Crippen LogP contribution is 2.28. The van der Waals surface area contributed by atoms with Crippen molar-refractivity contribution in [2.45, 2.75) is 51.4 Å². The third-order valence-corrected chi connectivity index (χ3v) is 6.04. The van der Waals surface area contributed by atoms with Gasteiger partial charge in [0, 0.05) is 37.5 Å². The van der Waals surface area contributed by atoms with Gasteiger partial charge in [0.25, 0.3) is 0 Å². The molecule has 3 unspecified atom stereocenters. The predicted octanol–water partition coefficient (Wildman–Crippen LogP) is 3.40. The number of carbonyl (C=O) groups is 2. The molecule has 1 aliphatic heterocycles. The van der Waals surface area contributed by atoms with Gasteiger partial charge in [-0.05, 0) is 23.6 Å². The predicted molar refractivity (Wildman–Crippen MR) is 120 cm³/mol. The summed E-state index contributed by atoms with van der Waals surface area (Å²) in [6, 6.07) is 7.11. The first kappa shape index (κ1) is 22.8. The second-order valence-electron chi connectivity index (χ2n) is 8.85. The van der Waals surface area contributed by atoms with E-state index >= 15 is 0 Å². The van der Waals surface area contributed by atoms with Crippen LogP contribution in [0, 0.1) is 5.95 Å². The summed E-state index contributed by atoms with van der Waals surface area (Å²) in [5.41, 5.74) is 2.15. The molecule has 7 nitrogen and oxygen atoms in total. The minimum Gasteiger partial charge on any atom is -0.342 e. The number of fused-ring (bicyclic) bond motifs is 1. The Balaban J connectivity index is 1.73. The van der Waals surface area contributed by atoms with E-state index < -0.39 is 30.1 Å². The van der Waals surface area contributed by atoms with Crippen molar-refractivity contribution >= 4 is 22.7 Å². The molecule has 1 N–H and O–H groups in total. The van der Waals surface area contributed by atoms with E-state index in [1.54, 1.807) is 16.8 Å². The van der Waals surface area contributed by atoms with Gasteiger partial charge in [-0.1, -0.05) is 32.0 Å². The first-order chi connectivity index (χ1) is 15.6. The van der Waals surface area contributed by atoms with Gasteiger partial charge in [0.2, 0.25) is 17.8 Å². The number of rotatable bonds is 5. The summed E-state index contributed by atoms with van der Waals surface area (Å²) >= 11 is 0. The summed E-state index contributed by atoms with van der Waals surface area (Å²) in [6.45, 7) is 4.94.